The van der Waals surface area contributed by atoms with Gasteiger partial charge in [-0.15, -0.1) is 11.3 Å². The average molecular weight is 378 g/mol. The van der Waals surface area contributed by atoms with Crippen LogP contribution in [-0.2, 0) is 22.6 Å². The predicted octanol–water partition coefficient (Wildman–Crippen LogP) is 4.37. The Morgan fingerprint density at radius 3 is 2.78 bits per heavy atom. The molecule has 2 aromatic carbocycles. The van der Waals surface area contributed by atoms with Crippen LogP contribution in [0.3, 0.4) is 0 Å². The average Bonchev–Trinajstić information content (AvgIpc) is 3.20. The Morgan fingerprint density at radius 2 is 2.04 bits per heavy atom. The summed E-state index contributed by atoms with van der Waals surface area (Å²) in [6.45, 7) is 0.159. The molecule has 6 heteroatoms. The van der Waals surface area contributed by atoms with E-state index in [0.29, 0.717) is 18.4 Å². The van der Waals surface area contributed by atoms with Gasteiger partial charge in [0.15, 0.2) is 0 Å². The van der Waals surface area contributed by atoms with Gasteiger partial charge in [-0.3, -0.25) is 4.79 Å². The molecule has 5 nitrogen and oxygen atoms in total. The highest BCUT2D eigenvalue weighted by Crippen LogP contribution is 2.27. The highest BCUT2D eigenvalue weighted by molar-refractivity contribution is 7.13. The normalized spacial score (nSPS) is 10.2. The van der Waals surface area contributed by atoms with E-state index in [1.807, 2.05) is 41.8 Å². The number of ether oxygens (including phenoxy) is 2. The van der Waals surface area contributed by atoms with Crippen LogP contribution in [0.2, 0.25) is 0 Å². The summed E-state index contributed by atoms with van der Waals surface area (Å²) in [4.78, 5) is 16.5. The molecular weight excluding hydrogens is 360 g/mol. The molecule has 1 aromatic heterocycles. The summed E-state index contributed by atoms with van der Waals surface area (Å²) in [6, 6.07) is 17.0. The number of nitrogens with zero attached hydrogens (tertiary/aromatic N) is 2. The van der Waals surface area contributed by atoms with Gasteiger partial charge in [0.2, 0.25) is 0 Å². The molecule has 136 valence electrons. The van der Waals surface area contributed by atoms with E-state index in [2.05, 4.69) is 11.1 Å². The molecule has 0 atom stereocenters. The molecule has 3 rings (SSSR count). The molecule has 0 aliphatic rings. The second kappa shape index (κ2) is 8.97. The molecule has 0 radical (unpaired) electrons. The molecule has 0 saturated carbocycles. The zero-order valence-electron chi connectivity index (χ0n) is 14.8. The van der Waals surface area contributed by atoms with Gasteiger partial charge in [-0.1, -0.05) is 24.3 Å². The fourth-order valence-corrected chi connectivity index (χ4v) is 3.28. The van der Waals surface area contributed by atoms with Gasteiger partial charge in [0.1, 0.15) is 17.4 Å². The van der Waals surface area contributed by atoms with Crippen molar-refractivity contribution in [3.05, 3.63) is 70.7 Å². The van der Waals surface area contributed by atoms with E-state index in [-0.39, 0.29) is 12.6 Å². The SMILES string of the molecule is COc1cccc(-c2nc(COC(=O)CCc3ccc(C#N)cc3)cs2)c1. The van der Waals surface area contributed by atoms with Gasteiger partial charge < -0.3 is 9.47 Å². The minimum Gasteiger partial charge on any atom is -0.497 e. The maximum Gasteiger partial charge on any atom is 0.306 e. The van der Waals surface area contributed by atoms with Crippen LogP contribution < -0.4 is 4.74 Å². The number of thiazole rings is 1. The molecular formula is C21H18N2O3S. The van der Waals surface area contributed by atoms with Crippen molar-refractivity contribution < 1.29 is 14.3 Å². The summed E-state index contributed by atoms with van der Waals surface area (Å²) < 4.78 is 10.5. The van der Waals surface area contributed by atoms with E-state index in [0.717, 1.165) is 27.6 Å². The Bertz CT molecular complexity index is 958. The summed E-state index contributed by atoms with van der Waals surface area (Å²) >= 11 is 1.50. The standard InChI is InChI=1S/C21H18N2O3S/c1-25-19-4-2-3-17(11-19)21-23-18(14-27-21)13-26-20(24)10-9-15-5-7-16(12-22)8-6-15/h2-8,11,14H,9-10,13H2,1H3. The fourth-order valence-electron chi connectivity index (χ4n) is 2.48. The van der Waals surface area contributed by atoms with Gasteiger partial charge in [-0.05, 0) is 36.2 Å². The molecule has 0 aliphatic carbocycles. The van der Waals surface area contributed by atoms with Gasteiger partial charge in [0.05, 0.1) is 24.4 Å². The second-order valence-corrected chi connectivity index (χ2v) is 6.70. The quantitative estimate of drug-likeness (QED) is 0.571. The highest BCUT2D eigenvalue weighted by atomic mass is 32.1. The fraction of sp³-hybridized carbons (Fsp3) is 0.190. The molecule has 0 saturated heterocycles. The number of esters is 1. The minimum atomic E-state index is -0.268. The van der Waals surface area contributed by atoms with Gasteiger partial charge in [-0.25, -0.2) is 4.98 Å². The van der Waals surface area contributed by atoms with E-state index in [1.54, 1.807) is 19.2 Å². The smallest absolute Gasteiger partial charge is 0.306 e. The van der Waals surface area contributed by atoms with E-state index < -0.39 is 0 Å². The topological polar surface area (TPSA) is 72.2 Å². The molecule has 0 N–H and O–H groups in total. The molecule has 1 heterocycles. The Kier molecular flexibility index (Phi) is 6.18. The van der Waals surface area contributed by atoms with Crippen LogP contribution in [-0.4, -0.2) is 18.1 Å². The number of aryl methyl sites for hydroxylation is 1. The van der Waals surface area contributed by atoms with Crippen molar-refractivity contribution in [3.8, 4) is 22.4 Å². The van der Waals surface area contributed by atoms with Crippen LogP contribution in [0.5, 0.6) is 5.75 Å². The van der Waals surface area contributed by atoms with Gasteiger partial charge in [0, 0.05) is 17.4 Å². The summed E-state index contributed by atoms with van der Waals surface area (Å²) in [6.07, 6.45) is 0.870. The largest absolute Gasteiger partial charge is 0.497 e. The third kappa shape index (κ3) is 5.16. The molecule has 0 bridgehead atoms. The number of aromatic nitrogens is 1. The number of rotatable bonds is 7. The first-order chi connectivity index (χ1) is 13.2. The van der Waals surface area contributed by atoms with E-state index in [1.165, 1.54) is 11.3 Å². The number of hydrogen-bond acceptors (Lipinski definition) is 6. The maximum atomic E-state index is 12.0. The lowest BCUT2D eigenvalue weighted by molar-refractivity contribution is -0.145. The Morgan fingerprint density at radius 1 is 1.22 bits per heavy atom. The molecule has 0 fully saturated rings. The Balaban J connectivity index is 1.50. The monoisotopic (exact) mass is 378 g/mol. The summed E-state index contributed by atoms with van der Waals surface area (Å²) in [5.74, 6) is 0.508. The lowest BCUT2D eigenvalue weighted by Gasteiger charge is -2.04. The lowest BCUT2D eigenvalue weighted by Crippen LogP contribution is -2.06. The third-order valence-corrected chi connectivity index (χ3v) is 4.89. The maximum absolute atomic E-state index is 12.0. The third-order valence-electron chi connectivity index (χ3n) is 3.95. The number of hydrogen-bond donors (Lipinski definition) is 0. The van der Waals surface area contributed by atoms with Crippen molar-refractivity contribution >= 4 is 17.3 Å². The van der Waals surface area contributed by atoms with Gasteiger partial charge in [0.25, 0.3) is 0 Å². The van der Waals surface area contributed by atoms with Crippen LogP contribution >= 0.6 is 11.3 Å². The minimum absolute atomic E-state index is 0.159. The Hall–Kier alpha value is -3.17. The highest BCUT2D eigenvalue weighted by Gasteiger charge is 2.09. The summed E-state index contributed by atoms with van der Waals surface area (Å²) in [5, 5.41) is 11.5. The van der Waals surface area contributed by atoms with Gasteiger partial charge >= 0.3 is 5.97 Å². The first kappa shape index (κ1) is 18.6. The second-order valence-electron chi connectivity index (χ2n) is 5.85. The van der Waals surface area contributed by atoms with Crippen molar-refractivity contribution in [2.45, 2.75) is 19.4 Å². The van der Waals surface area contributed by atoms with E-state index in [4.69, 9.17) is 14.7 Å². The Labute approximate surface area is 161 Å². The van der Waals surface area contributed by atoms with Crippen molar-refractivity contribution in [2.24, 2.45) is 0 Å². The molecule has 0 unspecified atom stereocenters. The van der Waals surface area contributed by atoms with Gasteiger partial charge in [-0.2, -0.15) is 5.26 Å². The molecule has 0 amide bonds. The van der Waals surface area contributed by atoms with Crippen LogP contribution in [0.4, 0.5) is 0 Å². The molecule has 3 aromatic rings. The zero-order chi connectivity index (χ0) is 19.1. The molecule has 0 spiro atoms. The van der Waals surface area contributed by atoms with E-state index in [9.17, 15) is 4.79 Å². The number of methoxy groups -OCH3 is 1. The van der Waals surface area contributed by atoms with Crippen LogP contribution in [0.15, 0.2) is 53.9 Å². The van der Waals surface area contributed by atoms with Crippen LogP contribution in [0.25, 0.3) is 10.6 Å². The van der Waals surface area contributed by atoms with Crippen molar-refractivity contribution in [3.63, 3.8) is 0 Å². The number of benzene rings is 2. The number of carbonyl (C=O) groups excluding carboxylic acids is 1. The summed E-state index contributed by atoms with van der Waals surface area (Å²) in [5.41, 5.74) is 3.30. The van der Waals surface area contributed by atoms with E-state index >= 15 is 0 Å². The number of carbonyl (C=O) groups is 1. The zero-order valence-corrected chi connectivity index (χ0v) is 15.7. The lowest BCUT2D eigenvalue weighted by atomic mass is 10.1. The summed E-state index contributed by atoms with van der Waals surface area (Å²) in [7, 11) is 1.63. The van der Waals surface area contributed by atoms with Crippen molar-refractivity contribution in [1.82, 2.24) is 4.98 Å². The van der Waals surface area contributed by atoms with Crippen LogP contribution in [0, 0.1) is 11.3 Å². The van der Waals surface area contributed by atoms with Crippen LogP contribution in [0.1, 0.15) is 23.2 Å². The van der Waals surface area contributed by atoms with Crippen molar-refractivity contribution in [1.29, 1.82) is 5.26 Å². The molecule has 0 aliphatic heterocycles. The first-order valence-corrected chi connectivity index (χ1v) is 9.29. The number of nitriles is 1. The first-order valence-electron chi connectivity index (χ1n) is 8.41. The van der Waals surface area contributed by atoms with Crippen molar-refractivity contribution in [2.75, 3.05) is 7.11 Å². The molecule has 27 heavy (non-hydrogen) atoms. The predicted molar refractivity (Wildman–Crippen MR) is 103 cm³/mol.